The van der Waals surface area contributed by atoms with E-state index in [1.54, 1.807) is 18.2 Å². The van der Waals surface area contributed by atoms with Crippen molar-refractivity contribution in [1.29, 1.82) is 5.26 Å². The molecule has 0 saturated carbocycles. The van der Waals surface area contributed by atoms with Crippen LogP contribution in [0.25, 0.3) is 0 Å². The molecule has 1 aromatic carbocycles. The van der Waals surface area contributed by atoms with E-state index in [1.165, 1.54) is 25.4 Å². The number of benzene rings is 1. The lowest BCUT2D eigenvalue weighted by atomic mass is 10.2. The van der Waals surface area contributed by atoms with Gasteiger partial charge in [-0.25, -0.2) is 9.78 Å². The van der Waals surface area contributed by atoms with Gasteiger partial charge in [-0.3, -0.25) is 0 Å². The van der Waals surface area contributed by atoms with Crippen molar-refractivity contribution in [2.75, 3.05) is 7.11 Å². The van der Waals surface area contributed by atoms with Gasteiger partial charge in [0.25, 0.3) is 0 Å². The first-order valence-electron chi connectivity index (χ1n) is 5.60. The molecule has 100 valence electrons. The number of hydrogen-bond donors (Lipinski definition) is 1. The smallest absolute Gasteiger partial charge is 0.339 e. The second-order valence-corrected chi connectivity index (χ2v) is 3.71. The van der Waals surface area contributed by atoms with Crippen LogP contribution in [0, 0.1) is 11.3 Å². The first-order valence-corrected chi connectivity index (χ1v) is 5.60. The minimum atomic E-state index is -1.15. The molecule has 0 bridgehead atoms. The third-order valence-electron chi connectivity index (χ3n) is 2.52. The number of aromatic nitrogens is 1. The van der Waals surface area contributed by atoms with Crippen LogP contribution in [0.4, 0.5) is 0 Å². The van der Waals surface area contributed by atoms with Crippen molar-refractivity contribution in [2.24, 2.45) is 0 Å². The van der Waals surface area contributed by atoms with Gasteiger partial charge >= 0.3 is 5.97 Å². The second kappa shape index (κ2) is 5.71. The monoisotopic (exact) mass is 270 g/mol. The maximum Gasteiger partial charge on any atom is 0.339 e. The minimum Gasteiger partial charge on any atom is -0.493 e. The highest BCUT2D eigenvalue weighted by Gasteiger charge is 2.18. The first-order chi connectivity index (χ1) is 9.67. The summed E-state index contributed by atoms with van der Waals surface area (Å²) in [5, 5.41) is 18.1. The summed E-state index contributed by atoms with van der Waals surface area (Å²) in [6.07, 6.45) is 1.45. The zero-order chi connectivity index (χ0) is 14.5. The van der Waals surface area contributed by atoms with Crippen molar-refractivity contribution in [3.05, 3.63) is 47.8 Å². The van der Waals surface area contributed by atoms with E-state index in [-0.39, 0.29) is 28.5 Å². The molecule has 0 saturated heterocycles. The zero-order valence-electron chi connectivity index (χ0n) is 10.5. The lowest BCUT2D eigenvalue weighted by Crippen LogP contribution is -2.02. The normalized spacial score (nSPS) is 9.60. The largest absolute Gasteiger partial charge is 0.493 e. The maximum atomic E-state index is 11.2. The number of carboxylic acids is 1. The summed E-state index contributed by atoms with van der Waals surface area (Å²) in [6, 6.07) is 9.51. The highest BCUT2D eigenvalue weighted by Crippen LogP contribution is 2.35. The number of methoxy groups -OCH3 is 1. The van der Waals surface area contributed by atoms with Crippen LogP contribution < -0.4 is 9.47 Å². The first kappa shape index (κ1) is 13.4. The molecule has 0 spiro atoms. The Labute approximate surface area is 114 Å². The molecule has 20 heavy (non-hydrogen) atoms. The molecule has 0 atom stereocenters. The van der Waals surface area contributed by atoms with Crippen molar-refractivity contribution in [3.63, 3.8) is 0 Å². The van der Waals surface area contributed by atoms with Crippen molar-refractivity contribution in [1.82, 2.24) is 4.98 Å². The van der Waals surface area contributed by atoms with Gasteiger partial charge in [0.05, 0.1) is 7.11 Å². The summed E-state index contributed by atoms with van der Waals surface area (Å²) in [4.78, 5) is 15.1. The maximum absolute atomic E-state index is 11.2. The van der Waals surface area contributed by atoms with Crippen molar-refractivity contribution in [2.45, 2.75) is 0 Å². The summed E-state index contributed by atoms with van der Waals surface area (Å²) in [5.41, 5.74) is 0.00633. The Balaban J connectivity index is 2.53. The highest BCUT2D eigenvalue weighted by molar-refractivity contribution is 5.92. The molecule has 6 nitrogen and oxygen atoms in total. The van der Waals surface area contributed by atoms with E-state index < -0.39 is 5.97 Å². The summed E-state index contributed by atoms with van der Waals surface area (Å²) in [5.74, 6) is -0.687. The molecule has 6 heteroatoms. The average molecular weight is 270 g/mol. The van der Waals surface area contributed by atoms with Crippen LogP contribution in [0.1, 0.15) is 16.1 Å². The second-order valence-electron chi connectivity index (χ2n) is 3.71. The van der Waals surface area contributed by atoms with E-state index in [4.69, 9.17) is 14.7 Å². The quantitative estimate of drug-likeness (QED) is 0.917. The molecule has 0 fully saturated rings. The Morgan fingerprint density at radius 3 is 2.70 bits per heavy atom. The van der Waals surface area contributed by atoms with Gasteiger partial charge in [0.2, 0.25) is 0 Å². The molecule has 1 N–H and O–H groups in total. The van der Waals surface area contributed by atoms with E-state index in [1.807, 2.05) is 6.07 Å². The van der Waals surface area contributed by atoms with Crippen LogP contribution in [0.3, 0.4) is 0 Å². The van der Waals surface area contributed by atoms with E-state index in [9.17, 15) is 9.90 Å². The highest BCUT2D eigenvalue weighted by atomic mass is 16.5. The fourth-order valence-electron chi connectivity index (χ4n) is 1.62. The lowest BCUT2D eigenvalue weighted by Gasteiger charge is -2.13. The van der Waals surface area contributed by atoms with Gasteiger partial charge in [-0.2, -0.15) is 5.26 Å². The molecule has 1 aromatic heterocycles. The van der Waals surface area contributed by atoms with E-state index in [0.29, 0.717) is 0 Å². The van der Waals surface area contributed by atoms with Crippen LogP contribution in [0.2, 0.25) is 0 Å². The van der Waals surface area contributed by atoms with Gasteiger partial charge in [0, 0.05) is 6.20 Å². The van der Waals surface area contributed by atoms with Gasteiger partial charge in [0.15, 0.2) is 22.9 Å². The Kier molecular flexibility index (Phi) is 3.82. The topological polar surface area (TPSA) is 92.4 Å². The number of para-hydroxylation sites is 1. The van der Waals surface area contributed by atoms with Crippen molar-refractivity contribution < 1.29 is 19.4 Å². The molecule has 2 aromatic rings. The summed E-state index contributed by atoms with van der Waals surface area (Å²) in [6.45, 7) is 0. The van der Waals surface area contributed by atoms with Crippen LogP contribution in [-0.4, -0.2) is 23.2 Å². The third kappa shape index (κ3) is 2.52. The number of carboxylic acid groups (broad SMARTS) is 1. The van der Waals surface area contributed by atoms with E-state index in [2.05, 4.69) is 4.98 Å². The fraction of sp³-hybridized carbons (Fsp3) is 0.0714. The molecular weight excluding hydrogens is 260 g/mol. The van der Waals surface area contributed by atoms with E-state index >= 15 is 0 Å². The van der Waals surface area contributed by atoms with Gasteiger partial charge in [-0.15, -0.1) is 0 Å². The fourth-order valence-corrected chi connectivity index (χ4v) is 1.62. The predicted molar refractivity (Wildman–Crippen MR) is 69.0 cm³/mol. The predicted octanol–water partition coefficient (Wildman–Crippen LogP) is 2.45. The van der Waals surface area contributed by atoms with E-state index in [0.717, 1.165) is 0 Å². The lowest BCUT2D eigenvalue weighted by molar-refractivity contribution is 0.0693. The van der Waals surface area contributed by atoms with Gasteiger partial charge < -0.3 is 14.6 Å². The Morgan fingerprint density at radius 1 is 1.30 bits per heavy atom. The molecule has 2 rings (SSSR count). The van der Waals surface area contributed by atoms with Crippen LogP contribution in [-0.2, 0) is 0 Å². The molecule has 0 radical (unpaired) electrons. The molecule has 0 aliphatic heterocycles. The van der Waals surface area contributed by atoms with Gasteiger partial charge in [-0.1, -0.05) is 6.07 Å². The molecule has 0 unspecified atom stereocenters. The Hall–Kier alpha value is -3.07. The number of nitrogens with zero attached hydrogens (tertiary/aromatic N) is 2. The van der Waals surface area contributed by atoms with Crippen LogP contribution in [0.5, 0.6) is 17.2 Å². The standard InChI is InChI=1S/C14H10N2O4/c1-19-12-5-2-4-9(14(17)18)13(12)20-11-6-3-7-16-10(11)8-15/h2-7H,1H3,(H,17,18). The minimum absolute atomic E-state index is 0.0343. The number of hydrogen-bond acceptors (Lipinski definition) is 5. The summed E-state index contributed by atoms with van der Waals surface area (Å²) < 4.78 is 10.6. The Bertz CT molecular complexity index is 692. The van der Waals surface area contributed by atoms with Crippen LogP contribution in [0.15, 0.2) is 36.5 Å². The number of aromatic carboxylic acids is 1. The van der Waals surface area contributed by atoms with Crippen molar-refractivity contribution in [3.8, 4) is 23.3 Å². The van der Waals surface area contributed by atoms with Crippen LogP contribution >= 0.6 is 0 Å². The molecule has 0 aliphatic carbocycles. The molecular formula is C14H10N2O4. The average Bonchev–Trinajstić information content (AvgIpc) is 2.47. The summed E-state index contributed by atoms with van der Waals surface area (Å²) in [7, 11) is 1.41. The Morgan fingerprint density at radius 2 is 2.05 bits per heavy atom. The van der Waals surface area contributed by atoms with Gasteiger partial charge in [-0.05, 0) is 24.3 Å². The zero-order valence-corrected chi connectivity index (χ0v) is 10.5. The number of ether oxygens (including phenoxy) is 2. The number of rotatable bonds is 4. The number of pyridine rings is 1. The SMILES string of the molecule is COc1cccc(C(=O)O)c1Oc1cccnc1C#N. The summed E-state index contributed by atoms with van der Waals surface area (Å²) >= 11 is 0. The van der Waals surface area contributed by atoms with Crippen molar-refractivity contribution >= 4 is 5.97 Å². The molecule has 1 heterocycles. The number of nitriles is 1. The van der Waals surface area contributed by atoms with Gasteiger partial charge in [0.1, 0.15) is 11.6 Å². The molecule has 0 amide bonds. The molecule has 0 aliphatic rings. The number of carbonyl (C=O) groups is 1. The third-order valence-corrected chi connectivity index (χ3v) is 2.52.